The number of thioether (sulfide) groups is 1. The molecule has 2 rings (SSSR count). The van der Waals surface area contributed by atoms with Crippen LogP contribution in [-0.4, -0.2) is 11.3 Å². The lowest BCUT2D eigenvalue weighted by Crippen LogP contribution is -2.31. The van der Waals surface area contributed by atoms with Crippen molar-refractivity contribution >= 4 is 11.8 Å². The van der Waals surface area contributed by atoms with E-state index in [2.05, 4.69) is 6.07 Å². The zero-order valence-corrected chi connectivity index (χ0v) is 10.1. The molecule has 0 saturated heterocycles. The van der Waals surface area contributed by atoms with Crippen LogP contribution in [0.25, 0.3) is 0 Å². The standard InChI is InChI=1S/C12H19NOS/c1-9-11(7-8-14-9)15-12-6-4-2-3-5-10(12)13/h7-8,10,12H,2-6,13H2,1H3. The third-order valence-corrected chi connectivity index (χ3v) is 4.66. The highest BCUT2D eigenvalue weighted by Gasteiger charge is 2.22. The first-order valence-corrected chi connectivity index (χ1v) is 6.61. The smallest absolute Gasteiger partial charge is 0.114 e. The Hall–Kier alpha value is -0.410. The third-order valence-electron chi connectivity index (χ3n) is 3.09. The number of furan rings is 1. The van der Waals surface area contributed by atoms with Gasteiger partial charge in [-0.1, -0.05) is 19.3 Å². The van der Waals surface area contributed by atoms with Gasteiger partial charge in [0.2, 0.25) is 0 Å². The molecule has 2 nitrogen and oxygen atoms in total. The van der Waals surface area contributed by atoms with Crippen LogP contribution in [0.1, 0.15) is 37.9 Å². The molecule has 0 bridgehead atoms. The topological polar surface area (TPSA) is 39.2 Å². The summed E-state index contributed by atoms with van der Waals surface area (Å²) in [6.45, 7) is 2.02. The Morgan fingerprint density at radius 2 is 2.13 bits per heavy atom. The first-order chi connectivity index (χ1) is 7.27. The molecule has 1 aromatic heterocycles. The lowest BCUT2D eigenvalue weighted by molar-refractivity contribution is 0.526. The Morgan fingerprint density at radius 1 is 1.33 bits per heavy atom. The number of hydrogen-bond donors (Lipinski definition) is 1. The van der Waals surface area contributed by atoms with Gasteiger partial charge in [-0.25, -0.2) is 0 Å². The van der Waals surface area contributed by atoms with Gasteiger partial charge >= 0.3 is 0 Å². The zero-order chi connectivity index (χ0) is 10.7. The second kappa shape index (κ2) is 5.08. The molecule has 0 aliphatic heterocycles. The van der Waals surface area contributed by atoms with Gasteiger partial charge in [0.25, 0.3) is 0 Å². The predicted octanol–water partition coefficient (Wildman–Crippen LogP) is 3.34. The van der Waals surface area contributed by atoms with Crippen molar-refractivity contribution in [2.45, 2.75) is 55.2 Å². The first kappa shape index (κ1) is 11.1. The summed E-state index contributed by atoms with van der Waals surface area (Å²) in [7, 11) is 0. The summed E-state index contributed by atoms with van der Waals surface area (Å²) in [5.41, 5.74) is 6.19. The molecule has 2 atom stereocenters. The van der Waals surface area contributed by atoms with Gasteiger partial charge in [-0.05, 0) is 25.8 Å². The molecule has 3 heteroatoms. The van der Waals surface area contributed by atoms with Gasteiger partial charge in [0.05, 0.1) is 6.26 Å². The molecule has 0 spiro atoms. The fourth-order valence-corrected chi connectivity index (χ4v) is 3.38. The van der Waals surface area contributed by atoms with Crippen molar-refractivity contribution in [3.8, 4) is 0 Å². The summed E-state index contributed by atoms with van der Waals surface area (Å²) in [4.78, 5) is 1.26. The van der Waals surface area contributed by atoms with E-state index >= 15 is 0 Å². The first-order valence-electron chi connectivity index (χ1n) is 5.73. The number of nitrogens with two attached hydrogens (primary N) is 1. The van der Waals surface area contributed by atoms with Gasteiger partial charge in [0, 0.05) is 16.2 Å². The van der Waals surface area contributed by atoms with Crippen LogP contribution in [0.5, 0.6) is 0 Å². The van der Waals surface area contributed by atoms with Crippen LogP contribution in [0.4, 0.5) is 0 Å². The minimum Gasteiger partial charge on any atom is -0.468 e. The average Bonchev–Trinajstić information content (AvgIpc) is 2.50. The predicted molar refractivity (Wildman–Crippen MR) is 64.2 cm³/mol. The zero-order valence-electron chi connectivity index (χ0n) is 9.24. The highest BCUT2D eigenvalue weighted by molar-refractivity contribution is 8.00. The molecular weight excluding hydrogens is 206 g/mol. The quantitative estimate of drug-likeness (QED) is 0.785. The summed E-state index contributed by atoms with van der Waals surface area (Å²) < 4.78 is 5.31. The van der Waals surface area contributed by atoms with Gasteiger partial charge in [-0.2, -0.15) is 0 Å². The maximum atomic E-state index is 6.19. The monoisotopic (exact) mass is 225 g/mol. The van der Waals surface area contributed by atoms with Crippen molar-refractivity contribution in [1.82, 2.24) is 0 Å². The molecule has 2 unspecified atom stereocenters. The maximum Gasteiger partial charge on any atom is 0.114 e. The van der Waals surface area contributed by atoms with Crippen molar-refractivity contribution < 1.29 is 4.42 Å². The SMILES string of the molecule is Cc1occc1SC1CCCCCC1N. The molecule has 1 heterocycles. The highest BCUT2D eigenvalue weighted by atomic mass is 32.2. The second-order valence-electron chi connectivity index (χ2n) is 4.30. The molecule has 1 aliphatic rings. The molecule has 84 valence electrons. The van der Waals surface area contributed by atoms with Gasteiger partial charge in [0.1, 0.15) is 5.76 Å². The highest BCUT2D eigenvalue weighted by Crippen LogP contribution is 2.34. The van der Waals surface area contributed by atoms with Crippen molar-refractivity contribution in [3.05, 3.63) is 18.1 Å². The Labute approximate surface area is 95.6 Å². The summed E-state index contributed by atoms with van der Waals surface area (Å²) >= 11 is 1.90. The normalized spacial score (nSPS) is 27.6. The molecule has 2 N–H and O–H groups in total. The van der Waals surface area contributed by atoms with Crippen LogP contribution >= 0.6 is 11.8 Å². The molecule has 1 saturated carbocycles. The van der Waals surface area contributed by atoms with Crippen LogP contribution in [0.2, 0.25) is 0 Å². The number of hydrogen-bond acceptors (Lipinski definition) is 3. The lowest BCUT2D eigenvalue weighted by Gasteiger charge is -2.20. The molecule has 1 fully saturated rings. The fourth-order valence-electron chi connectivity index (χ4n) is 2.11. The molecule has 0 amide bonds. The molecule has 1 aromatic rings. The van der Waals surface area contributed by atoms with E-state index in [1.165, 1.54) is 37.0 Å². The fraction of sp³-hybridized carbons (Fsp3) is 0.667. The van der Waals surface area contributed by atoms with E-state index in [0.717, 1.165) is 5.76 Å². The molecule has 0 aromatic carbocycles. The molecule has 0 radical (unpaired) electrons. The van der Waals surface area contributed by atoms with Crippen molar-refractivity contribution in [2.24, 2.45) is 5.73 Å². The van der Waals surface area contributed by atoms with Gasteiger partial charge in [-0.15, -0.1) is 11.8 Å². The van der Waals surface area contributed by atoms with Crippen molar-refractivity contribution in [2.75, 3.05) is 0 Å². The largest absolute Gasteiger partial charge is 0.468 e. The number of rotatable bonds is 2. The summed E-state index contributed by atoms with van der Waals surface area (Å²) in [6.07, 6.45) is 8.14. The maximum absolute atomic E-state index is 6.19. The van der Waals surface area contributed by atoms with E-state index < -0.39 is 0 Å². The van der Waals surface area contributed by atoms with Gasteiger partial charge < -0.3 is 10.2 Å². The Bertz CT molecular complexity index is 310. The minimum atomic E-state index is 0.354. The Balaban J connectivity index is 2.00. The Morgan fingerprint density at radius 3 is 2.87 bits per heavy atom. The average molecular weight is 225 g/mol. The van der Waals surface area contributed by atoms with Crippen molar-refractivity contribution in [3.63, 3.8) is 0 Å². The number of aryl methyl sites for hydroxylation is 1. The Kier molecular flexibility index (Phi) is 3.76. The van der Waals surface area contributed by atoms with Crippen molar-refractivity contribution in [1.29, 1.82) is 0 Å². The second-order valence-corrected chi connectivity index (χ2v) is 5.58. The van der Waals surface area contributed by atoms with Gasteiger partial charge in [-0.3, -0.25) is 0 Å². The van der Waals surface area contributed by atoms with E-state index in [4.69, 9.17) is 10.2 Å². The van der Waals surface area contributed by atoms with E-state index in [1.807, 2.05) is 18.7 Å². The van der Waals surface area contributed by atoms with Crippen LogP contribution in [0.3, 0.4) is 0 Å². The molecule has 15 heavy (non-hydrogen) atoms. The summed E-state index contributed by atoms with van der Waals surface area (Å²) in [6, 6.07) is 2.41. The van der Waals surface area contributed by atoms with Crippen LogP contribution in [-0.2, 0) is 0 Å². The van der Waals surface area contributed by atoms with E-state index in [0.29, 0.717) is 11.3 Å². The summed E-state index contributed by atoms with van der Waals surface area (Å²) in [5.74, 6) is 1.02. The van der Waals surface area contributed by atoms with E-state index in [-0.39, 0.29) is 0 Å². The van der Waals surface area contributed by atoms with E-state index in [9.17, 15) is 0 Å². The van der Waals surface area contributed by atoms with Crippen LogP contribution < -0.4 is 5.73 Å². The lowest BCUT2D eigenvalue weighted by atomic mass is 10.1. The summed E-state index contributed by atoms with van der Waals surface area (Å²) in [5, 5.41) is 0.573. The third kappa shape index (κ3) is 2.79. The van der Waals surface area contributed by atoms with Gasteiger partial charge in [0.15, 0.2) is 0 Å². The molecular formula is C12H19NOS. The van der Waals surface area contributed by atoms with Crippen LogP contribution in [0.15, 0.2) is 21.6 Å². The van der Waals surface area contributed by atoms with E-state index in [1.54, 1.807) is 6.26 Å². The molecule has 1 aliphatic carbocycles. The minimum absolute atomic E-state index is 0.354. The van der Waals surface area contributed by atoms with Crippen LogP contribution in [0, 0.1) is 6.92 Å².